The summed E-state index contributed by atoms with van der Waals surface area (Å²) in [5.74, 6) is -0.263. The first-order valence-corrected chi connectivity index (χ1v) is 4.88. The van der Waals surface area contributed by atoms with Crippen molar-refractivity contribution in [1.29, 1.82) is 0 Å². The highest BCUT2D eigenvalue weighted by Crippen LogP contribution is 2.29. The number of ether oxygens (including phenoxy) is 2. The molecule has 0 bridgehead atoms. The van der Waals surface area contributed by atoms with Crippen LogP contribution in [0, 0.1) is 0 Å². The minimum atomic E-state index is -0.569. The van der Waals surface area contributed by atoms with E-state index in [2.05, 4.69) is 0 Å². The lowest BCUT2D eigenvalue weighted by molar-refractivity contribution is -0.149. The molecule has 0 unspecified atom stereocenters. The largest absolute Gasteiger partial charge is 0.460 e. The van der Waals surface area contributed by atoms with E-state index in [0.717, 1.165) is 0 Å². The first kappa shape index (κ1) is 9.68. The highest BCUT2D eigenvalue weighted by Gasteiger charge is 2.43. The van der Waals surface area contributed by atoms with Gasteiger partial charge in [0, 0.05) is 6.42 Å². The lowest BCUT2D eigenvalue weighted by Crippen LogP contribution is -2.23. The van der Waals surface area contributed by atoms with Gasteiger partial charge in [-0.2, -0.15) is 0 Å². The second kappa shape index (κ2) is 3.71. The number of fused-ring (bicyclic) bond motifs is 1. The van der Waals surface area contributed by atoms with E-state index >= 15 is 0 Å². The third-order valence-electron chi connectivity index (χ3n) is 2.51. The van der Waals surface area contributed by atoms with Crippen LogP contribution < -0.4 is 0 Å². The molecule has 14 heavy (non-hydrogen) atoms. The summed E-state index contributed by atoms with van der Waals surface area (Å²) >= 11 is 0. The predicted octanol–water partition coefficient (Wildman–Crippen LogP) is 0.396. The number of epoxide rings is 1. The maximum atomic E-state index is 11.2. The Balaban J connectivity index is 2.03. The number of esters is 1. The van der Waals surface area contributed by atoms with Crippen molar-refractivity contribution in [2.75, 3.05) is 0 Å². The van der Waals surface area contributed by atoms with Crippen molar-refractivity contribution < 1.29 is 19.4 Å². The van der Waals surface area contributed by atoms with Gasteiger partial charge in [-0.25, -0.2) is 0 Å². The van der Waals surface area contributed by atoms with Crippen molar-refractivity contribution in [1.82, 2.24) is 0 Å². The van der Waals surface area contributed by atoms with E-state index in [1.54, 1.807) is 6.08 Å². The lowest BCUT2D eigenvalue weighted by Gasteiger charge is -2.12. The molecule has 2 heterocycles. The standard InChI is InChI=1S/C10H14O4/c1-6-10-8(14-10)4-2-7(11)3-5-9(12)13-6/h2,4,6-8,10-11H,3,5H2,1H3/b4-2+/t6-,7+,8-,10+/m0/s1. The molecule has 0 saturated carbocycles. The van der Waals surface area contributed by atoms with Crippen LogP contribution >= 0.6 is 0 Å². The Kier molecular flexibility index (Phi) is 2.56. The maximum absolute atomic E-state index is 11.2. The zero-order chi connectivity index (χ0) is 10.1. The van der Waals surface area contributed by atoms with E-state index in [9.17, 15) is 9.90 Å². The molecule has 0 amide bonds. The average Bonchev–Trinajstić information content (AvgIpc) is 2.89. The van der Waals surface area contributed by atoms with Crippen molar-refractivity contribution in [3.05, 3.63) is 12.2 Å². The van der Waals surface area contributed by atoms with E-state index in [-0.39, 0.29) is 30.7 Å². The molecule has 78 valence electrons. The van der Waals surface area contributed by atoms with Crippen LogP contribution in [-0.2, 0) is 14.3 Å². The Labute approximate surface area is 82.5 Å². The second-order valence-corrected chi connectivity index (χ2v) is 3.75. The molecule has 1 N–H and O–H groups in total. The van der Waals surface area contributed by atoms with Crippen LogP contribution in [0.25, 0.3) is 0 Å². The van der Waals surface area contributed by atoms with Gasteiger partial charge in [0.05, 0.1) is 6.10 Å². The fourth-order valence-electron chi connectivity index (χ4n) is 1.60. The van der Waals surface area contributed by atoms with Crippen LogP contribution in [0.2, 0.25) is 0 Å². The van der Waals surface area contributed by atoms with Crippen LogP contribution in [0.5, 0.6) is 0 Å². The number of rotatable bonds is 0. The van der Waals surface area contributed by atoms with Gasteiger partial charge >= 0.3 is 5.97 Å². The number of hydrogen-bond acceptors (Lipinski definition) is 4. The molecule has 0 aromatic carbocycles. The van der Waals surface area contributed by atoms with Crippen molar-refractivity contribution in [3.8, 4) is 0 Å². The van der Waals surface area contributed by atoms with Crippen LogP contribution in [0.15, 0.2) is 12.2 Å². The summed E-state index contributed by atoms with van der Waals surface area (Å²) in [7, 11) is 0. The molecular weight excluding hydrogens is 184 g/mol. The van der Waals surface area contributed by atoms with Gasteiger partial charge in [-0.3, -0.25) is 4.79 Å². The molecular formula is C10H14O4. The normalized spacial score (nSPS) is 44.9. The van der Waals surface area contributed by atoms with Crippen LogP contribution in [0.1, 0.15) is 19.8 Å². The molecule has 2 aliphatic heterocycles. The monoisotopic (exact) mass is 198 g/mol. The molecule has 1 saturated heterocycles. The van der Waals surface area contributed by atoms with E-state index in [1.165, 1.54) is 0 Å². The summed E-state index contributed by atoms with van der Waals surface area (Å²) < 4.78 is 10.4. The van der Waals surface area contributed by atoms with E-state index < -0.39 is 6.10 Å². The molecule has 0 radical (unpaired) electrons. The zero-order valence-corrected chi connectivity index (χ0v) is 8.05. The minimum Gasteiger partial charge on any atom is -0.460 e. The third kappa shape index (κ3) is 2.13. The second-order valence-electron chi connectivity index (χ2n) is 3.75. The van der Waals surface area contributed by atoms with E-state index in [4.69, 9.17) is 9.47 Å². The molecule has 4 nitrogen and oxygen atoms in total. The van der Waals surface area contributed by atoms with Crippen molar-refractivity contribution in [2.45, 2.75) is 44.2 Å². The lowest BCUT2D eigenvalue weighted by atomic mass is 10.1. The van der Waals surface area contributed by atoms with E-state index in [0.29, 0.717) is 6.42 Å². The summed E-state index contributed by atoms with van der Waals surface area (Å²) in [6.07, 6.45) is 3.42. The smallest absolute Gasteiger partial charge is 0.306 e. The highest BCUT2D eigenvalue weighted by molar-refractivity contribution is 5.69. The van der Waals surface area contributed by atoms with Crippen LogP contribution in [0.4, 0.5) is 0 Å². The summed E-state index contributed by atoms with van der Waals surface area (Å²) in [6.45, 7) is 1.83. The van der Waals surface area contributed by atoms with Crippen LogP contribution in [-0.4, -0.2) is 35.5 Å². The van der Waals surface area contributed by atoms with Gasteiger partial charge in [-0.1, -0.05) is 12.2 Å². The first-order valence-electron chi connectivity index (χ1n) is 4.88. The Morgan fingerprint density at radius 3 is 3.07 bits per heavy atom. The molecule has 1 fully saturated rings. The first-order chi connectivity index (χ1) is 6.66. The van der Waals surface area contributed by atoms with Gasteiger partial charge < -0.3 is 14.6 Å². The molecule has 4 heteroatoms. The van der Waals surface area contributed by atoms with Crippen LogP contribution in [0.3, 0.4) is 0 Å². The molecule has 2 rings (SSSR count). The summed E-state index contributed by atoms with van der Waals surface area (Å²) in [6, 6.07) is 0. The van der Waals surface area contributed by atoms with Gasteiger partial charge in [0.15, 0.2) is 0 Å². The summed E-state index contributed by atoms with van der Waals surface area (Å²) in [5.41, 5.74) is 0. The number of carbonyl (C=O) groups excluding carboxylic acids is 1. The molecule has 4 atom stereocenters. The molecule has 0 spiro atoms. The van der Waals surface area contributed by atoms with E-state index in [1.807, 2.05) is 13.0 Å². The predicted molar refractivity (Wildman–Crippen MR) is 48.6 cm³/mol. The Bertz CT molecular complexity index is 261. The van der Waals surface area contributed by atoms with Gasteiger partial charge in [0.25, 0.3) is 0 Å². The zero-order valence-electron chi connectivity index (χ0n) is 8.05. The fourth-order valence-corrected chi connectivity index (χ4v) is 1.60. The highest BCUT2D eigenvalue weighted by atomic mass is 16.6. The van der Waals surface area contributed by atoms with Gasteiger partial charge in [0.1, 0.15) is 18.3 Å². The number of aliphatic hydroxyl groups is 1. The van der Waals surface area contributed by atoms with Gasteiger partial charge in [-0.05, 0) is 13.3 Å². The number of aliphatic hydroxyl groups excluding tert-OH is 1. The van der Waals surface area contributed by atoms with Crippen molar-refractivity contribution >= 4 is 5.97 Å². The Hall–Kier alpha value is -0.870. The van der Waals surface area contributed by atoms with Gasteiger partial charge in [-0.15, -0.1) is 0 Å². The Morgan fingerprint density at radius 2 is 2.29 bits per heavy atom. The molecule has 0 aromatic rings. The minimum absolute atomic E-state index is 0.00514. The molecule has 0 aromatic heterocycles. The molecule has 0 aliphatic carbocycles. The third-order valence-corrected chi connectivity index (χ3v) is 2.51. The average molecular weight is 198 g/mol. The quantitative estimate of drug-likeness (QED) is 0.347. The number of hydrogen-bond donors (Lipinski definition) is 1. The van der Waals surface area contributed by atoms with Gasteiger partial charge in [0.2, 0.25) is 0 Å². The topological polar surface area (TPSA) is 59.1 Å². The molecule has 2 aliphatic rings. The summed E-state index contributed by atoms with van der Waals surface area (Å²) in [4.78, 5) is 11.2. The summed E-state index contributed by atoms with van der Waals surface area (Å²) in [5, 5.41) is 9.40. The fraction of sp³-hybridized carbons (Fsp3) is 0.700. The van der Waals surface area contributed by atoms with Crippen molar-refractivity contribution in [2.24, 2.45) is 0 Å². The van der Waals surface area contributed by atoms with Crippen molar-refractivity contribution in [3.63, 3.8) is 0 Å². The number of cyclic esters (lactones) is 1. The number of carbonyl (C=O) groups is 1. The Morgan fingerprint density at radius 1 is 1.50 bits per heavy atom. The SMILES string of the molecule is C[C@@H]1OC(=O)CC[C@H](O)/C=C/[C@@H]2O[C@H]12. The maximum Gasteiger partial charge on any atom is 0.306 e.